The number of benzene rings is 3. The Morgan fingerprint density at radius 1 is 0.941 bits per heavy atom. The largest absolute Gasteiger partial charge is 0.336 e. The quantitative estimate of drug-likeness (QED) is 0.322. The number of aryl methyl sites for hydroxylation is 1. The highest BCUT2D eigenvalue weighted by atomic mass is 35.5. The lowest BCUT2D eigenvalue weighted by Gasteiger charge is -2.14. The van der Waals surface area contributed by atoms with Gasteiger partial charge in [-0.25, -0.2) is 0 Å². The minimum Gasteiger partial charge on any atom is -0.336 e. The zero-order valence-corrected chi connectivity index (χ0v) is 19.3. The number of halogens is 1. The van der Waals surface area contributed by atoms with Crippen molar-refractivity contribution in [1.29, 1.82) is 0 Å². The molecule has 0 N–H and O–H groups in total. The van der Waals surface area contributed by atoms with Gasteiger partial charge in [-0.3, -0.25) is 9.56 Å². The maximum absolute atomic E-state index is 6.58. The molecule has 6 heteroatoms. The molecule has 0 saturated heterocycles. The highest BCUT2D eigenvalue weighted by molar-refractivity contribution is 6.35. The van der Waals surface area contributed by atoms with Crippen molar-refractivity contribution in [2.45, 2.75) is 20.0 Å². The van der Waals surface area contributed by atoms with Crippen LogP contribution in [0.15, 0.2) is 84.0 Å². The molecular formula is C28H20ClN5. The summed E-state index contributed by atoms with van der Waals surface area (Å²) in [5, 5.41) is 10.5. The predicted octanol–water partition coefficient (Wildman–Crippen LogP) is 5.59. The Bertz CT molecular complexity index is 1640. The highest BCUT2D eigenvalue weighted by Gasteiger charge is 2.22. The van der Waals surface area contributed by atoms with Crippen molar-refractivity contribution >= 4 is 28.2 Å². The summed E-state index contributed by atoms with van der Waals surface area (Å²) in [5.41, 5.74) is 5.78. The lowest BCUT2D eigenvalue weighted by Crippen LogP contribution is -2.09. The van der Waals surface area contributed by atoms with Gasteiger partial charge in [0.05, 0.1) is 17.9 Å². The summed E-state index contributed by atoms with van der Waals surface area (Å²) in [4.78, 5) is 4.90. The predicted molar refractivity (Wildman–Crippen MR) is 136 cm³/mol. The van der Waals surface area contributed by atoms with Crippen LogP contribution in [0.1, 0.15) is 28.3 Å². The van der Waals surface area contributed by atoms with Crippen LogP contribution in [0, 0.1) is 18.8 Å². The van der Waals surface area contributed by atoms with Crippen LogP contribution < -0.4 is 0 Å². The molecule has 164 valence electrons. The number of rotatable bonds is 2. The number of aromatic nitrogens is 4. The fraction of sp³-hybridized carbons (Fsp3) is 0.107. The monoisotopic (exact) mass is 461 g/mol. The van der Waals surface area contributed by atoms with Gasteiger partial charge in [0.25, 0.3) is 0 Å². The van der Waals surface area contributed by atoms with Crippen molar-refractivity contribution in [1.82, 2.24) is 19.3 Å². The first-order valence-electron chi connectivity index (χ1n) is 11.1. The Hall–Kier alpha value is -4.14. The van der Waals surface area contributed by atoms with Crippen molar-refractivity contribution in [3.63, 3.8) is 0 Å². The van der Waals surface area contributed by atoms with E-state index in [0.717, 1.165) is 39.7 Å². The molecule has 1 aliphatic rings. The molecule has 0 unspecified atom stereocenters. The van der Waals surface area contributed by atoms with Gasteiger partial charge in [-0.1, -0.05) is 59.8 Å². The lowest BCUT2D eigenvalue weighted by molar-refractivity contribution is 0.861. The molecule has 0 saturated carbocycles. The third-order valence-electron chi connectivity index (χ3n) is 6.05. The summed E-state index contributed by atoms with van der Waals surface area (Å²) in [5.74, 6) is 8.29. The van der Waals surface area contributed by atoms with Gasteiger partial charge < -0.3 is 4.57 Å². The second-order valence-electron chi connectivity index (χ2n) is 8.18. The van der Waals surface area contributed by atoms with Crippen LogP contribution in [0.2, 0.25) is 5.02 Å². The van der Waals surface area contributed by atoms with E-state index in [1.54, 1.807) is 0 Å². The van der Waals surface area contributed by atoms with Gasteiger partial charge in [-0.05, 0) is 48.7 Å². The Balaban J connectivity index is 1.43. The van der Waals surface area contributed by atoms with Crippen LogP contribution >= 0.6 is 11.6 Å². The fourth-order valence-electron chi connectivity index (χ4n) is 4.44. The van der Waals surface area contributed by atoms with Gasteiger partial charge in [-0.15, -0.1) is 10.2 Å². The molecule has 0 amide bonds. The van der Waals surface area contributed by atoms with Gasteiger partial charge in [0.15, 0.2) is 5.82 Å². The molecule has 3 heterocycles. The maximum atomic E-state index is 6.58. The molecular weight excluding hydrogens is 442 g/mol. The molecule has 1 aliphatic heterocycles. The Labute approximate surface area is 202 Å². The number of para-hydroxylation sites is 1. The van der Waals surface area contributed by atoms with Crippen molar-refractivity contribution in [2.75, 3.05) is 0 Å². The topological polar surface area (TPSA) is 48.0 Å². The molecule has 0 radical (unpaired) electrons. The zero-order chi connectivity index (χ0) is 23.1. The van der Waals surface area contributed by atoms with E-state index in [2.05, 4.69) is 79.8 Å². The molecule has 0 spiro atoms. The third-order valence-corrected chi connectivity index (χ3v) is 6.38. The summed E-state index contributed by atoms with van der Waals surface area (Å²) in [7, 11) is 0. The lowest BCUT2D eigenvalue weighted by atomic mass is 9.98. The highest BCUT2D eigenvalue weighted by Crippen LogP contribution is 2.29. The van der Waals surface area contributed by atoms with E-state index >= 15 is 0 Å². The first kappa shape index (κ1) is 20.5. The van der Waals surface area contributed by atoms with Crippen molar-refractivity contribution < 1.29 is 0 Å². The van der Waals surface area contributed by atoms with Gasteiger partial charge in [0.2, 0.25) is 0 Å². The normalized spacial score (nSPS) is 12.4. The van der Waals surface area contributed by atoms with Crippen LogP contribution in [0.5, 0.6) is 0 Å². The Morgan fingerprint density at radius 3 is 2.71 bits per heavy atom. The molecule has 0 fully saturated rings. The molecule has 6 rings (SSSR count). The molecule has 3 aromatic carbocycles. The summed E-state index contributed by atoms with van der Waals surface area (Å²) in [6.07, 6.45) is 2.08. The van der Waals surface area contributed by atoms with Crippen molar-refractivity contribution in [3.8, 4) is 17.5 Å². The second kappa shape index (κ2) is 8.33. The minimum atomic E-state index is 0.428. The van der Waals surface area contributed by atoms with E-state index in [4.69, 9.17) is 16.6 Å². The average Bonchev–Trinajstić information content (AvgIpc) is 3.39. The number of fused-ring (bicyclic) bond motifs is 4. The first-order valence-corrected chi connectivity index (χ1v) is 11.4. The van der Waals surface area contributed by atoms with Gasteiger partial charge in [0, 0.05) is 33.4 Å². The van der Waals surface area contributed by atoms with E-state index in [9.17, 15) is 0 Å². The van der Waals surface area contributed by atoms with E-state index in [0.29, 0.717) is 18.1 Å². The molecule has 5 nitrogen and oxygen atoms in total. The van der Waals surface area contributed by atoms with Crippen LogP contribution in [0.3, 0.4) is 0 Å². The number of aliphatic imine (C=N–C) groups is 1. The number of hydrogen-bond donors (Lipinski definition) is 0. The summed E-state index contributed by atoms with van der Waals surface area (Å²) >= 11 is 6.58. The molecule has 2 aromatic heterocycles. The second-order valence-corrected chi connectivity index (χ2v) is 8.59. The third kappa shape index (κ3) is 3.49. The minimum absolute atomic E-state index is 0.428. The summed E-state index contributed by atoms with van der Waals surface area (Å²) < 4.78 is 4.22. The summed E-state index contributed by atoms with van der Waals surface area (Å²) in [6, 6.07) is 24.4. The van der Waals surface area contributed by atoms with E-state index in [1.165, 1.54) is 10.9 Å². The SMILES string of the molecule is Cc1nnc2n1-c1ccc(C#CCn3ccc4ccccc43)cc1C(c1ccccc1Cl)=NC2. The smallest absolute Gasteiger partial charge is 0.159 e. The molecule has 34 heavy (non-hydrogen) atoms. The van der Waals surface area contributed by atoms with Crippen LogP contribution in [0.25, 0.3) is 16.6 Å². The van der Waals surface area contributed by atoms with Crippen LogP contribution in [-0.4, -0.2) is 25.0 Å². The zero-order valence-electron chi connectivity index (χ0n) is 18.5. The van der Waals surface area contributed by atoms with Gasteiger partial charge in [-0.2, -0.15) is 0 Å². The Morgan fingerprint density at radius 2 is 1.79 bits per heavy atom. The Kier molecular flexibility index (Phi) is 5.01. The summed E-state index contributed by atoms with van der Waals surface area (Å²) in [6.45, 7) is 3.00. The first-order chi connectivity index (χ1) is 16.7. The van der Waals surface area contributed by atoms with E-state index in [1.807, 2.05) is 37.3 Å². The fourth-order valence-corrected chi connectivity index (χ4v) is 4.67. The van der Waals surface area contributed by atoms with Crippen LogP contribution in [-0.2, 0) is 13.1 Å². The van der Waals surface area contributed by atoms with Gasteiger partial charge >= 0.3 is 0 Å². The molecule has 0 bridgehead atoms. The van der Waals surface area contributed by atoms with E-state index in [-0.39, 0.29) is 0 Å². The van der Waals surface area contributed by atoms with Crippen molar-refractivity contribution in [3.05, 3.63) is 112 Å². The van der Waals surface area contributed by atoms with Gasteiger partial charge in [0.1, 0.15) is 12.4 Å². The maximum Gasteiger partial charge on any atom is 0.159 e. The average molecular weight is 462 g/mol. The number of nitrogens with zero attached hydrogens (tertiary/aromatic N) is 5. The number of hydrogen-bond acceptors (Lipinski definition) is 3. The molecule has 5 aromatic rings. The van der Waals surface area contributed by atoms with Crippen molar-refractivity contribution in [2.24, 2.45) is 4.99 Å². The molecule has 0 atom stereocenters. The molecule has 0 aliphatic carbocycles. The van der Waals surface area contributed by atoms with Crippen LogP contribution in [0.4, 0.5) is 0 Å². The standard InChI is InChI=1S/C28H20ClN5/c1-19-31-32-27-18-30-28(22-9-3-4-10-24(22)29)23-17-20(12-13-26(23)34(19)27)7-6-15-33-16-14-21-8-2-5-11-25(21)33/h2-5,8-14,16-17H,15,18H2,1H3. The van der Waals surface area contributed by atoms with E-state index < -0.39 is 0 Å².